The van der Waals surface area contributed by atoms with E-state index in [0.29, 0.717) is 0 Å². The van der Waals surface area contributed by atoms with Crippen molar-refractivity contribution in [3.63, 3.8) is 0 Å². The summed E-state index contributed by atoms with van der Waals surface area (Å²) in [5, 5.41) is 21.4. The molecule has 17 heteroatoms. The summed E-state index contributed by atoms with van der Waals surface area (Å²) < 4.78 is 57.5. The Morgan fingerprint density at radius 3 is 1.93 bits per heavy atom. The zero-order valence-electron chi connectivity index (χ0n) is 13.8. The zero-order chi connectivity index (χ0) is 22.7. The van der Waals surface area contributed by atoms with Gasteiger partial charge in [0.05, 0.1) is 0 Å². The second kappa shape index (κ2) is 12.4. The second-order valence-corrected chi connectivity index (χ2v) is 6.60. The van der Waals surface area contributed by atoms with Crippen LogP contribution in [0.25, 0.3) is 0 Å². The third-order valence-corrected chi connectivity index (χ3v) is 3.49. The molecule has 0 saturated carbocycles. The SMILES string of the molecule is N[C@@H](CCC(=O)N[C@@H](CS)C(=O)NCC(=O)O)C(=O)O.O=S(=O)(O)C(F)(F)F. The Hall–Kier alpha value is -2.11. The molecule has 7 N–H and O–H groups in total. The molecule has 0 aliphatic rings. The predicted octanol–water partition coefficient (Wildman–Crippen LogP) is -1.81. The number of carboxylic acid groups (broad SMARTS) is 2. The topological polar surface area (TPSA) is 213 Å². The summed E-state index contributed by atoms with van der Waals surface area (Å²) in [7, 11) is -5.84. The Balaban J connectivity index is 0. The van der Waals surface area contributed by atoms with Crippen molar-refractivity contribution in [2.24, 2.45) is 5.73 Å². The van der Waals surface area contributed by atoms with E-state index in [1.54, 1.807) is 0 Å². The highest BCUT2D eigenvalue weighted by Crippen LogP contribution is 2.20. The standard InChI is InChI=1S/C10H17N3O6S.CHF3O3S/c11-5(10(18)19)1-2-7(14)13-6(4-20)9(17)12-3-8(15)16;2-1(3,4)8(5,6)7/h5-6,20H,1-4,11H2,(H,12,17)(H,13,14)(H,15,16)(H,18,19);(H,5,6,7)/t5-,6-;/m0./s1. The van der Waals surface area contributed by atoms with Gasteiger partial charge in [0, 0.05) is 12.2 Å². The number of carbonyl (C=O) groups is 4. The molecule has 0 spiro atoms. The van der Waals surface area contributed by atoms with E-state index in [1.807, 2.05) is 0 Å². The van der Waals surface area contributed by atoms with E-state index in [2.05, 4.69) is 23.3 Å². The van der Waals surface area contributed by atoms with Crippen LogP contribution in [0.2, 0.25) is 0 Å². The van der Waals surface area contributed by atoms with Gasteiger partial charge in [-0.25, -0.2) is 0 Å². The van der Waals surface area contributed by atoms with Gasteiger partial charge in [-0.2, -0.15) is 34.2 Å². The zero-order valence-corrected chi connectivity index (χ0v) is 15.6. The number of nitrogens with one attached hydrogen (secondary N) is 2. The number of nitrogens with two attached hydrogens (primary N) is 1. The van der Waals surface area contributed by atoms with Gasteiger partial charge in [-0.05, 0) is 6.42 Å². The first-order valence-electron chi connectivity index (χ1n) is 6.94. The summed E-state index contributed by atoms with van der Waals surface area (Å²) in [6.45, 7) is -0.567. The van der Waals surface area contributed by atoms with Crippen LogP contribution in [0.4, 0.5) is 13.2 Å². The van der Waals surface area contributed by atoms with Crippen LogP contribution in [-0.2, 0) is 29.3 Å². The number of alkyl halides is 3. The van der Waals surface area contributed by atoms with Crippen molar-refractivity contribution in [2.75, 3.05) is 12.3 Å². The Morgan fingerprint density at radius 2 is 1.61 bits per heavy atom. The molecule has 0 aromatic carbocycles. The smallest absolute Gasteiger partial charge is 0.480 e. The average molecular weight is 457 g/mol. The second-order valence-electron chi connectivity index (χ2n) is 4.82. The lowest BCUT2D eigenvalue weighted by Gasteiger charge is -2.16. The van der Waals surface area contributed by atoms with E-state index < -0.39 is 58.0 Å². The predicted molar refractivity (Wildman–Crippen MR) is 88.9 cm³/mol. The summed E-state index contributed by atoms with van der Waals surface area (Å²) in [6.07, 6.45) is -0.235. The first-order chi connectivity index (χ1) is 12.5. The van der Waals surface area contributed by atoms with Crippen molar-refractivity contribution >= 4 is 46.5 Å². The molecule has 0 unspecified atom stereocenters. The Kier molecular flexibility index (Phi) is 12.4. The molecule has 0 radical (unpaired) electrons. The van der Waals surface area contributed by atoms with Crippen molar-refractivity contribution in [2.45, 2.75) is 30.4 Å². The van der Waals surface area contributed by atoms with Crippen molar-refractivity contribution in [1.29, 1.82) is 0 Å². The molecular weight excluding hydrogens is 439 g/mol. The lowest BCUT2D eigenvalue weighted by atomic mass is 10.1. The van der Waals surface area contributed by atoms with Crippen LogP contribution in [0.15, 0.2) is 0 Å². The summed E-state index contributed by atoms with van der Waals surface area (Å²) in [5.41, 5.74) is -0.305. The first-order valence-corrected chi connectivity index (χ1v) is 9.02. The van der Waals surface area contributed by atoms with E-state index in [4.69, 9.17) is 28.9 Å². The molecule has 0 aliphatic heterocycles. The van der Waals surface area contributed by atoms with E-state index in [0.717, 1.165) is 0 Å². The Morgan fingerprint density at radius 1 is 1.14 bits per heavy atom. The largest absolute Gasteiger partial charge is 0.522 e. The third-order valence-electron chi connectivity index (χ3n) is 2.54. The van der Waals surface area contributed by atoms with Gasteiger partial charge in [-0.3, -0.25) is 23.7 Å². The molecule has 0 rings (SSSR count). The maximum absolute atomic E-state index is 11.5. The molecule has 2 atom stereocenters. The normalized spacial score (nSPS) is 13.4. The Bertz CT molecular complexity index is 670. The number of hydrogen-bond acceptors (Lipinski definition) is 8. The summed E-state index contributed by atoms with van der Waals surface area (Å²) in [5.74, 6) is -3.70. The third kappa shape index (κ3) is 13.1. The summed E-state index contributed by atoms with van der Waals surface area (Å²) in [6, 6.07) is -2.15. The monoisotopic (exact) mass is 457 g/mol. The van der Waals surface area contributed by atoms with Crippen molar-refractivity contribution in [3.8, 4) is 0 Å². The van der Waals surface area contributed by atoms with E-state index in [1.165, 1.54) is 0 Å². The van der Waals surface area contributed by atoms with Crippen LogP contribution in [-0.4, -0.2) is 76.8 Å². The fourth-order valence-corrected chi connectivity index (χ4v) is 1.41. The Labute approximate surface area is 161 Å². The number of hydrogen-bond donors (Lipinski definition) is 7. The van der Waals surface area contributed by atoms with Gasteiger partial charge < -0.3 is 26.6 Å². The van der Waals surface area contributed by atoms with Crippen LogP contribution in [0.3, 0.4) is 0 Å². The van der Waals surface area contributed by atoms with Gasteiger partial charge >= 0.3 is 27.6 Å². The molecule has 0 bridgehead atoms. The molecular formula is C11H18F3N3O9S2. The van der Waals surface area contributed by atoms with Crippen molar-refractivity contribution in [1.82, 2.24) is 10.6 Å². The number of carbonyl (C=O) groups excluding carboxylic acids is 2. The van der Waals surface area contributed by atoms with Crippen LogP contribution in [0.5, 0.6) is 0 Å². The van der Waals surface area contributed by atoms with E-state index in [-0.39, 0.29) is 18.6 Å². The van der Waals surface area contributed by atoms with E-state index >= 15 is 0 Å². The number of rotatable bonds is 9. The first kappa shape index (κ1) is 28.1. The molecule has 0 aromatic heterocycles. The van der Waals surface area contributed by atoms with Gasteiger partial charge in [-0.15, -0.1) is 0 Å². The van der Waals surface area contributed by atoms with E-state index in [9.17, 15) is 32.3 Å². The van der Waals surface area contributed by atoms with Crippen LogP contribution in [0.1, 0.15) is 12.8 Å². The van der Waals surface area contributed by atoms with Crippen LogP contribution < -0.4 is 16.4 Å². The van der Waals surface area contributed by atoms with Gasteiger partial charge in [0.1, 0.15) is 18.6 Å². The highest BCUT2D eigenvalue weighted by molar-refractivity contribution is 7.86. The molecule has 0 aromatic rings. The molecule has 164 valence electrons. The van der Waals surface area contributed by atoms with Crippen LogP contribution in [0, 0.1) is 0 Å². The molecule has 0 fully saturated rings. The minimum atomic E-state index is -5.84. The molecule has 0 saturated heterocycles. The summed E-state index contributed by atoms with van der Waals surface area (Å²) >= 11 is 3.87. The molecule has 0 heterocycles. The van der Waals surface area contributed by atoms with Gasteiger partial charge in [0.25, 0.3) is 0 Å². The minimum Gasteiger partial charge on any atom is -0.480 e. The summed E-state index contributed by atoms with van der Waals surface area (Å²) in [4.78, 5) is 43.7. The minimum absolute atomic E-state index is 0.0256. The molecule has 0 aliphatic carbocycles. The van der Waals surface area contributed by atoms with Gasteiger partial charge in [0.15, 0.2) is 0 Å². The maximum Gasteiger partial charge on any atom is 0.522 e. The number of halogens is 3. The molecule has 12 nitrogen and oxygen atoms in total. The molecule has 2 amide bonds. The van der Waals surface area contributed by atoms with Crippen LogP contribution >= 0.6 is 12.6 Å². The lowest BCUT2D eigenvalue weighted by Crippen LogP contribution is -2.49. The lowest BCUT2D eigenvalue weighted by molar-refractivity contribution is -0.139. The van der Waals surface area contributed by atoms with Gasteiger partial charge in [-0.1, -0.05) is 0 Å². The fraction of sp³-hybridized carbons (Fsp3) is 0.636. The number of aliphatic carboxylic acids is 2. The van der Waals surface area contributed by atoms with Gasteiger partial charge in [0.2, 0.25) is 11.8 Å². The number of carboxylic acids is 2. The number of thiol groups is 1. The molecule has 28 heavy (non-hydrogen) atoms. The average Bonchev–Trinajstić information content (AvgIpc) is 2.53. The maximum atomic E-state index is 11.5. The van der Waals surface area contributed by atoms with Crippen molar-refractivity contribution < 1.29 is 55.5 Å². The highest BCUT2D eigenvalue weighted by Gasteiger charge is 2.44. The van der Waals surface area contributed by atoms with Crippen molar-refractivity contribution in [3.05, 3.63) is 0 Å². The number of amides is 2. The fourth-order valence-electron chi connectivity index (χ4n) is 1.16. The highest BCUT2D eigenvalue weighted by atomic mass is 32.2. The quantitative estimate of drug-likeness (QED) is 0.117.